The van der Waals surface area contributed by atoms with Crippen LogP contribution in [0.3, 0.4) is 0 Å². The van der Waals surface area contributed by atoms with Crippen LogP contribution in [0.25, 0.3) is 0 Å². The molecule has 2 heterocycles. The molecule has 7 nitrogen and oxygen atoms in total. The summed E-state index contributed by atoms with van der Waals surface area (Å²) >= 11 is 0. The van der Waals surface area contributed by atoms with Crippen LogP contribution in [0.15, 0.2) is 72.0 Å². The summed E-state index contributed by atoms with van der Waals surface area (Å²) in [5.41, 5.74) is 2.09. The molecule has 0 spiro atoms. The number of pyridine rings is 2. The zero-order chi connectivity index (χ0) is 21.0. The molecule has 0 unspecified atom stereocenters. The Bertz CT molecular complexity index is 930. The molecule has 1 aromatic carbocycles. The quantitative estimate of drug-likeness (QED) is 0.418. The van der Waals surface area contributed by atoms with Crippen LogP contribution in [0, 0.1) is 0 Å². The molecule has 3 rings (SSSR count). The van der Waals surface area contributed by atoms with Gasteiger partial charge in [0.25, 0.3) is 0 Å². The van der Waals surface area contributed by atoms with Gasteiger partial charge in [-0.25, -0.2) is 4.98 Å². The van der Waals surface area contributed by atoms with Crippen molar-refractivity contribution in [3.8, 4) is 17.4 Å². The lowest BCUT2D eigenvalue weighted by molar-refractivity contribution is 0.339. The fraction of sp³-hybridized carbons (Fsp3) is 0.261. The molecule has 0 aliphatic carbocycles. The second-order valence-electron chi connectivity index (χ2n) is 6.43. The Labute approximate surface area is 177 Å². The number of aromatic nitrogens is 2. The lowest BCUT2D eigenvalue weighted by Crippen LogP contribution is -2.37. The van der Waals surface area contributed by atoms with Gasteiger partial charge in [0.1, 0.15) is 11.5 Å². The van der Waals surface area contributed by atoms with Gasteiger partial charge in [0, 0.05) is 50.7 Å². The third kappa shape index (κ3) is 6.77. The summed E-state index contributed by atoms with van der Waals surface area (Å²) in [5.74, 6) is 2.80. The van der Waals surface area contributed by atoms with Crippen molar-refractivity contribution in [2.75, 3.05) is 20.2 Å². The van der Waals surface area contributed by atoms with Crippen LogP contribution in [0.2, 0.25) is 0 Å². The highest BCUT2D eigenvalue weighted by Gasteiger charge is 2.03. The number of nitrogens with one attached hydrogen (secondary N) is 2. The Kier molecular flexibility index (Phi) is 8.02. The minimum atomic E-state index is 0.538. The molecule has 2 aromatic heterocycles. The van der Waals surface area contributed by atoms with Gasteiger partial charge >= 0.3 is 0 Å². The number of ether oxygens (including phenoxy) is 2. The first-order valence-electron chi connectivity index (χ1n) is 9.97. The van der Waals surface area contributed by atoms with Crippen molar-refractivity contribution in [2.24, 2.45) is 4.99 Å². The number of rotatable bonds is 9. The molecule has 0 fully saturated rings. The number of aliphatic imine (C=N–C) groups is 1. The highest BCUT2D eigenvalue weighted by Crippen LogP contribution is 2.23. The molecule has 0 bridgehead atoms. The lowest BCUT2D eigenvalue weighted by Gasteiger charge is -2.12. The van der Waals surface area contributed by atoms with Crippen LogP contribution in [0.5, 0.6) is 17.4 Å². The van der Waals surface area contributed by atoms with Crippen molar-refractivity contribution in [3.63, 3.8) is 0 Å². The van der Waals surface area contributed by atoms with Gasteiger partial charge in [-0.15, -0.1) is 0 Å². The maximum atomic E-state index is 5.85. The Morgan fingerprint density at radius 1 is 0.967 bits per heavy atom. The van der Waals surface area contributed by atoms with E-state index in [2.05, 4.69) is 25.6 Å². The Morgan fingerprint density at radius 3 is 2.53 bits per heavy atom. The minimum Gasteiger partial charge on any atom is -0.494 e. The van der Waals surface area contributed by atoms with Crippen LogP contribution in [0.4, 0.5) is 0 Å². The molecule has 0 atom stereocenters. The zero-order valence-electron chi connectivity index (χ0n) is 17.3. The van der Waals surface area contributed by atoms with Crippen molar-refractivity contribution in [3.05, 3.63) is 78.2 Å². The molecule has 156 valence electrons. The van der Waals surface area contributed by atoms with Gasteiger partial charge in [-0.2, -0.15) is 0 Å². The van der Waals surface area contributed by atoms with E-state index in [4.69, 9.17) is 9.47 Å². The summed E-state index contributed by atoms with van der Waals surface area (Å²) in [6.07, 6.45) is 4.37. The van der Waals surface area contributed by atoms with Gasteiger partial charge in [0.15, 0.2) is 5.96 Å². The van der Waals surface area contributed by atoms with Gasteiger partial charge in [-0.1, -0.05) is 6.07 Å². The second kappa shape index (κ2) is 11.4. The van der Waals surface area contributed by atoms with Crippen LogP contribution >= 0.6 is 0 Å². The molecule has 2 N–H and O–H groups in total. The van der Waals surface area contributed by atoms with Crippen LogP contribution in [-0.2, 0) is 13.0 Å². The Hall–Kier alpha value is -3.61. The lowest BCUT2D eigenvalue weighted by atomic mass is 10.2. The predicted molar refractivity (Wildman–Crippen MR) is 118 cm³/mol. The average Bonchev–Trinajstić information content (AvgIpc) is 2.78. The van der Waals surface area contributed by atoms with E-state index in [9.17, 15) is 0 Å². The van der Waals surface area contributed by atoms with Crippen LogP contribution in [0.1, 0.15) is 18.2 Å². The predicted octanol–water partition coefficient (Wildman–Crippen LogP) is 3.58. The largest absolute Gasteiger partial charge is 0.494 e. The smallest absolute Gasteiger partial charge is 0.219 e. The van der Waals surface area contributed by atoms with Crippen molar-refractivity contribution in [1.29, 1.82) is 0 Å². The van der Waals surface area contributed by atoms with E-state index in [-0.39, 0.29) is 0 Å². The number of nitrogens with zero attached hydrogens (tertiary/aromatic N) is 3. The fourth-order valence-corrected chi connectivity index (χ4v) is 2.77. The topological polar surface area (TPSA) is 80.7 Å². The van der Waals surface area contributed by atoms with E-state index in [1.807, 2.05) is 61.5 Å². The minimum absolute atomic E-state index is 0.538. The van der Waals surface area contributed by atoms with Gasteiger partial charge in [0.2, 0.25) is 5.88 Å². The van der Waals surface area contributed by atoms with E-state index >= 15 is 0 Å². The van der Waals surface area contributed by atoms with Gasteiger partial charge in [-0.05, 0) is 55.0 Å². The SMILES string of the molecule is CCOc1ccc(Oc2cc(CNC(=NC)NCCc3ccccn3)ccn2)cc1. The number of hydrogen-bond donors (Lipinski definition) is 2. The number of guanidine groups is 1. The summed E-state index contributed by atoms with van der Waals surface area (Å²) in [6, 6.07) is 17.3. The molecule has 7 heteroatoms. The highest BCUT2D eigenvalue weighted by molar-refractivity contribution is 5.79. The molecule has 0 saturated carbocycles. The van der Waals surface area contributed by atoms with Crippen LogP contribution < -0.4 is 20.1 Å². The maximum absolute atomic E-state index is 5.85. The summed E-state index contributed by atoms with van der Waals surface area (Å²) in [4.78, 5) is 12.9. The standard InChI is InChI=1S/C23H27N5O2/c1-3-29-20-7-9-21(10-8-20)30-22-16-18(11-14-26-22)17-28-23(24-2)27-15-12-19-6-4-5-13-25-19/h4-11,13-14,16H,3,12,15,17H2,1-2H3,(H2,24,27,28). The molecule has 0 saturated heterocycles. The third-order valence-corrected chi connectivity index (χ3v) is 4.24. The normalized spacial score (nSPS) is 11.1. The molecular formula is C23H27N5O2. The van der Waals surface area contributed by atoms with Crippen molar-refractivity contribution >= 4 is 5.96 Å². The molecular weight excluding hydrogens is 378 g/mol. The first-order chi connectivity index (χ1) is 14.8. The summed E-state index contributed by atoms with van der Waals surface area (Å²) < 4.78 is 11.3. The molecule has 0 aliphatic heterocycles. The van der Waals surface area contributed by atoms with E-state index in [1.165, 1.54) is 0 Å². The summed E-state index contributed by atoms with van der Waals surface area (Å²) in [6.45, 7) is 3.95. The van der Waals surface area contributed by atoms with E-state index < -0.39 is 0 Å². The molecule has 0 aliphatic rings. The van der Waals surface area contributed by atoms with Crippen molar-refractivity contribution in [2.45, 2.75) is 19.9 Å². The van der Waals surface area contributed by atoms with Gasteiger partial charge < -0.3 is 20.1 Å². The Morgan fingerprint density at radius 2 is 1.80 bits per heavy atom. The van der Waals surface area contributed by atoms with E-state index in [1.54, 1.807) is 19.4 Å². The van der Waals surface area contributed by atoms with Crippen molar-refractivity contribution < 1.29 is 9.47 Å². The molecule has 0 amide bonds. The highest BCUT2D eigenvalue weighted by atomic mass is 16.5. The maximum Gasteiger partial charge on any atom is 0.219 e. The molecule has 0 radical (unpaired) electrons. The first kappa shape index (κ1) is 21.1. The van der Waals surface area contributed by atoms with E-state index in [0.717, 1.165) is 35.9 Å². The zero-order valence-corrected chi connectivity index (χ0v) is 17.3. The summed E-state index contributed by atoms with van der Waals surface area (Å²) in [5, 5.41) is 6.60. The average molecular weight is 406 g/mol. The molecule has 30 heavy (non-hydrogen) atoms. The number of benzene rings is 1. The van der Waals surface area contributed by atoms with Gasteiger partial charge in [-0.3, -0.25) is 9.98 Å². The van der Waals surface area contributed by atoms with Gasteiger partial charge in [0.05, 0.1) is 6.61 Å². The Balaban J connectivity index is 1.49. The summed E-state index contributed by atoms with van der Waals surface area (Å²) in [7, 11) is 1.75. The monoisotopic (exact) mass is 405 g/mol. The fourth-order valence-electron chi connectivity index (χ4n) is 2.77. The van der Waals surface area contributed by atoms with Crippen molar-refractivity contribution in [1.82, 2.24) is 20.6 Å². The first-order valence-corrected chi connectivity index (χ1v) is 9.97. The van der Waals surface area contributed by atoms with Crippen LogP contribution in [-0.4, -0.2) is 36.1 Å². The third-order valence-electron chi connectivity index (χ3n) is 4.24. The van der Waals surface area contributed by atoms with E-state index in [0.29, 0.717) is 24.8 Å². The second-order valence-corrected chi connectivity index (χ2v) is 6.43. The number of hydrogen-bond acceptors (Lipinski definition) is 5. The molecule has 3 aromatic rings.